The molecule has 0 aliphatic heterocycles. The summed E-state index contributed by atoms with van der Waals surface area (Å²) in [5, 5.41) is 0.518. The predicted octanol–water partition coefficient (Wildman–Crippen LogP) is 4.59. The van der Waals surface area contributed by atoms with Crippen LogP contribution in [0.15, 0.2) is 0 Å². The number of nitrogens with zero attached hydrogens (tertiary/aromatic N) is 2. The van der Waals surface area contributed by atoms with Crippen molar-refractivity contribution in [1.29, 1.82) is 0 Å². The lowest BCUT2D eigenvalue weighted by Crippen LogP contribution is -2.39. The van der Waals surface area contributed by atoms with Crippen molar-refractivity contribution in [2.24, 2.45) is 16.7 Å². The Labute approximate surface area is 132 Å². The molecule has 0 N–H and O–H groups in total. The molecule has 0 aromatic carbocycles. The number of hydrogen-bond acceptors (Lipinski definition) is 3. The summed E-state index contributed by atoms with van der Waals surface area (Å²) in [6, 6.07) is 0. The van der Waals surface area contributed by atoms with Crippen LogP contribution >= 0.6 is 11.6 Å². The van der Waals surface area contributed by atoms with Gasteiger partial charge in [-0.05, 0) is 37.5 Å². The molecule has 3 nitrogen and oxygen atoms in total. The highest BCUT2D eigenvalue weighted by Crippen LogP contribution is 2.66. The lowest BCUT2D eigenvalue weighted by Gasteiger charge is -2.38. The number of fused-ring (bicyclic) bond motifs is 2. The Morgan fingerprint density at radius 1 is 1.29 bits per heavy atom. The molecule has 2 bridgehead atoms. The molecule has 4 heteroatoms. The number of aryl methyl sites for hydroxylation is 1. The maximum atomic E-state index is 6.37. The van der Waals surface area contributed by atoms with Gasteiger partial charge in [-0.25, -0.2) is 4.98 Å². The van der Waals surface area contributed by atoms with Crippen molar-refractivity contribution < 1.29 is 4.74 Å². The molecule has 3 rings (SSSR count). The van der Waals surface area contributed by atoms with E-state index in [1.54, 1.807) is 0 Å². The fraction of sp³-hybridized carbons (Fsp3) is 0.765. The topological polar surface area (TPSA) is 35.0 Å². The summed E-state index contributed by atoms with van der Waals surface area (Å²) in [7, 11) is 0. The van der Waals surface area contributed by atoms with Crippen molar-refractivity contribution in [1.82, 2.24) is 9.97 Å². The van der Waals surface area contributed by atoms with Gasteiger partial charge in [-0.3, -0.25) is 0 Å². The van der Waals surface area contributed by atoms with E-state index < -0.39 is 0 Å². The SMILES string of the molecule is CCc1nc(Cl)c(C)c(OC2CC3CCC2(C)C3(C)C)n1. The molecule has 2 aliphatic carbocycles. The van der Waals surface area contributed by atoms with Gasteiger partial charge in [0, 0.05) is 17.4 Å². The standard InChI is InChI=1S/C17H25ClN2O/c1-6-13-19-14(18)10(2)15(20-13)21-12-9-11-7-8-17(12,5)16(11,3)4/h11-12H,6-9H2,1-5H3. The molecule has 3 unspecified atom stereocenters. The van der Waals surface area contributed by atoms with Crippen molar-refractivity contribution in [3.05, 3.63) is 16.5 Å². The van der Waals surface area contributed by atoms with Gasteiger partial charge in [-0.15, -0.1) is 0 Å². The smallest absolute Gasteiger partial charge is 0.221 e. The second-order valence-electron chi connectivity index (χ2n) is 7.43. The quantitative estimate of drug-likeness (QED) is 0.766. The lowest BCUT2D eigenvalue weighted by atomic mass is 9.70. The van der Waals surface area contributed by atoms with Gasteiger partial charge < -0.3 is 4.74 Å². The van der Waals surface area contributed by atoms with E-state index in [1.165, 1.54) is 12.8 Å². The third-order valence-corrected chi connectivity index (χ3v) is 6.74. The number of rotatable bonds is 3. The molecule has 2 fully saturated rings. The minimum atomic E-state index is 0.230. The highest BCUT2D eigenvalue weighted by atomic mass is 35.5. The van der Waals surface area contributed by atoms with E-state index in [1.807, 2.05) is 13.8 Å². The second-order valence-corrected chi connectivity index (χ2v) is 7.79. The molecule has 3 atom stereocenters. The van der Waals surface area contributed by atoms with Crippen LogP contribution in [0.5, 0.6) is 5.88 Å². The zero-order valence-electron chi connectivity index (χ0n) is 13.7. The number of halogens is 1. The molecule has 1 aromatic heterocycles. The summed E-state index contributed by atoms with van der Waals surface area (Å²) in [4.78, 5) is 8.85. The monoisotopic (exact) mass is 308 g/mol. The predicted molar refractivity (Wildman–Crippen MR) is 84.8 cm³/mol. The highest BCUT2D eigenvalue weighted by Gasteiger charge is 2.62. The molecular formula is C17H25ClN2O. The van der Waals surface area contributed by atoms with E-state index in [2.05, 4.69) is 30.7 Å². The van der Waals surface area contributed by atoms with Crippen molar-refractivity contribution >= 4 is 11.6 Å². The molecule has 2 aliphatic rings. The van der Waals surface area contributed by atoms with Crippen LogP contribution in [0.3, 0.4) is 0 Å². The van der Waals surface area contributed by atoms with Gasteiger partial charge in [0.15, 0.2) is 0 Å². The molecule has 0 radical (unpaired) electrons. The van der Waals surface area contributed by atoms with Crippen LogP contribution in [-0.4, -0.2) is 16.1 Å². The summed E-state index contributed by atoms with van der Waals surface area (Å²) in [6.07, 6.45) is 4.71. The van der Waals surface area contributed by atoms with Gasteiger partial charge in [0.25, 0.3) is 0 Å². The Balaban J connectivity index is 1.91. The highest BCUT2D eigenvalue weighted by molar-refractivity contribution is 6.30. The zero-order valence-corrected chi connectivity index (χ0v) is 14.4. The van der Waals surface area contributed by atoms with E-state index in [0.717, 1.165) is 30.1 Å². The van der Waals surface area contributed by atoms with Crippen LogP contribution in [0.4, 0.5) is 0 Å². The largest absolute Gasteiger partial charge is 0.473 e. The summed E-state index contributed by atoms with van der Waals surface area (Å²) in [6.45, 7) is 11.1. The molecule has 116 valence electrons. The fourth-order valence-electron chi connectivity index (χ4n) is 4.23. The normalized spacial score (nSPS) is 33.4. The lowest BCUT2D eigenvalue weighted by molar-refractivity contribution is 0.0266. The van der Waals surface area contributed by atoms with Gasteiger partial charge in [-0.1, -0.05) is 39.3 Å². The molecular weight excluding hydrogens is 284 g/mol. The van der Waals surface area contributed by atoms with Crippen LogP contribution in [0.25, 0.3) is 0 Å². The van der Waals surface area contributed by atoms with Gasteiger partial charge in [-0.2, -0.15) is 4.98 Å². The van der Waals surface area contributed by atoms with Crippen molar-refractivity contribution in [3.63, 3.8) is 0 Å². The first-order valence-electron chi connectivity index (χ1n) is 7.99. The number of aromatic nitrogens is 2. The van der Waals surface area contributed by atoms with Gasteiger partial charge in [0.05, 0.1) is 0 Å². The molecule has 0 spiro atoms. The maximum absolute atomic E-state index is 6.37. The molecule has 21 heavy (non-hydrogen) atoms. The molecule has 0 amide bonds. The molecule has 0 saturated heterocycles. The minimum Gasteiger partial charge on any atom is -0.473 e. The maximum Gasteiger partial charge on any atom is 0.221 e. The summed E-state index contributed by atoms with van der Waals surface area (Å²) >= 11 is 6.22. The average molecular weight is 309 g/mol. The van der Waals surface area contributed by atoms with E-state index >= 15 is 0 Å². The van der Waals surface area contributed by atoms with E-state index in [9.17, 15) is 0 Å². The second kappa shape index (κ2) is 4.84. The zero-order chi connectivity index (χ0) is 15.4. The van der Waals surface area contributed by atoms with Crippen LogP contribution < -0.4 is 4.74 Å². The Morgan fingerprint density at radius 3 is 2.52 bits per heavy atom. The van der Waals surface area contributed by atoms with Crippen LogP contribution in [0.2, 0.25) is 5.15 Å². The number of ether oxygens (including phenoxy) is 1. The van der Waals surface area contributed by atoms with E-state index in [-0.39, 0.29) is 11.5 Å². The Morgan fingerprint density at radius 2 is 2.00 bits per heavy atom. The first kappa shape index (κ1) is 15.1. The summed E-state index contributed by atoms with van der Waals surface area (Å²) in [5.41, 5.74) is 1.43. The Hall–Kier alpha value is -0.830. The molecule has 1 aromatic rings. The summed E-state index contributed by atoms with van der Waals surface area (Å²) < 4.78 is 6.37. The van der Waals surface area contributed by atoms with Gasteiger partial charge >= 0.3 is 0 Å². The average Bonchev–Trinajstić information content (AvgIpc) is 2.76. The first-order valence-corrected chi connectivity index (χ1v) is 8.37. The minimum absolute atomic E-state index is 0.230. The Bertz CT molecular complexity index is 572. The molecule has 2 saturated carbocycles. The van der Waals surface area contributed by atoms with Crippen molar-refractivity contribution in [2.75, 3.05) is 0 Å². The van der Waals surface area contributed by atoms with Gasteiger partial charge in [0.1, 0.15) is 17.1 Å². The third kappa shape index (κ3) is 2.08. The third-order valence-electron chi connectivity index (χ3n) is 6.37. The summed E-state index contributed by atoms with van der Waals surface area (Å²) in [5.74, 6) is 2.20. The molecule has 1 heterocycles. The van der Waals surface area contributed by atoms with Crippen molar-refractivity contribution in [3.8, 4) is 5.88 Å². The van der Waals surface area contributed by atoms with Crippen LogP contribution in [0, 0.1) is 23.7 Å². The van der Waals surface area contributed by atoms with Crippen LogP contribution in [-0.2, 0) is 6.42 Å². The fourth-order valence-corrected chi connectivity index (χ4v) is 4.41. The van der Waals surface area contributed by atoms with Crippen LogP contribution in [0.1, 0.15) is 58.3 Å². The van der Waals surface area contributed by atoms with Crippen molar-refractivity contribution in [2.45, 2.75) is 66.4 Å². The van der Waals surface area contributed by atoms with E-state index in [4.69, 9.17) is 16.3 Å². The first-order chi connectivity index (χ1) is 9.79. The van der Waals surface area contributed by atoms with Gasteiger partial charge in [0.2, 0.25) is 5.88 Å². The number of hydrogen-bond donors (Lipinski definition) is 0. The van der Waals surface area contributed by atoms with E-state index in [0.29, 0.717) is 16.4 Å². The Kier molecular flexibility index (Phi) is 3.47.